The van der Waals surface area contributed by atoms with Gasteiger partial charge in [0, 0.05) is 13.6 Å². The summed E-state index contributed by atoms with van der Waals surface area (Å²) in [6.45, 7) is 0.439. The average molecular weight is 284 g/mol. The summed E-state index contributed by atoms with van der Waals surface area (Å²) in [5.74, 6) is -0.367. The second kappa shape index (κ2) is 5.50. The normalized spacial score (nSPS) is 10.4. The van der Waals surface area contributed by atoms with Gasteiger partial charge < -0.3 is 4.90 Å². The Bertz CT molecular complexity index is 552. The molecule has 0 aliphatic carbocycles. The Morgan fingerprint density at radius 2 is 1.94 bits per heavy atom. The van der Waals surface area contributed by atoms with Crippen LogP contribution in [0.15, 0.2) is 36.4 Å². The second-order valence-electron chi connectivity index (χ2n) is 3.89. The molecule has 1 aromatic carbocycles. The van der Waals surface area contributed by atoms with Gasteiger partial charge in [-0.3, -0.25) is 4.79 Å². The lowest BCUT2D eigenvalue weighted by molar-refractivity contribution is 0.0790. The van der Waals surface area contributed by atoms with Crippen LogP contribution in [0.1, 0.15) is 15.2 Å². The quantitative estimate of drug-likeness (QED) is 0.839. The molecule has 0 saturated heterocycles. The summed E-state index contributed by atoms with van der Waals surface area (Å²) in [5, 5.41) is 0. The number of rotatable bonds is 3. The Kier molecular flexibility index (Phi) is 3.99. The summed E-state index contributed by atoms with van der Waals surface area (Å²) in [6, 6.07) is 9.51. The monoisotopic (exact) mass is 283 g/mol. The van der Waals surface area contributed by atoms with Gasteiger partial charge in [0.05, 0.1) is 9.21 Å². The van der Waals surface area contributed by atoms with E-state index in [2.05, 4.69) is 0 Å². The van der Waals surface area contributed by atoms with Gasteiger partial charge in [0.25, 0.3) is 5.91 Å². The third-order valence-electron chi connectivity index (χ3n) is 2.46. The lowest BCUT2D eigenvalue weighted by Gasteiger charge is -2.16. The number of hydrogen-bond donors (Lipinski definition) is 0. The molecular weight excluding hydrogens is 273 g/mol. The Balaban J connectivity index is 2.05. The summed E-state index contributed by atoms with van der Waals surface area (Å²) in [7, 11) is 1.71. The third kappa shape index (κ3) is 3.09. The molecule has 0 atom stereocenters. The third-order valence-corrected chi connectivity index (χ3v) is 3.68. The summed E-state index contributed by atoms with van der Waals surface area (Å²) >= 11 is 7.04. The van der Waals surface area contributed by atoms with Gasteiger partial charge >= 0.3 is 0 Å². The smallest absolute Gasteiger partial charge is 0.264 e. The molecule has 94 valence electrons. The first-order chi connectivity index (χ1) is 8.56. The van der Waals surface area contributed by atoms with Crippen molar-refractivity contribution in [3.05, 3.63) is 57.0 Å². The molecule has 5 heteroatoms. The molecule has 2 nitrogen and oxygen atoms in total. The minimum Gasteiger partial charge on any atom is -0.337 e. The molecule has 0 bridgehead atoms. The van der Waals surface area contributed by atoms with E-state index in [1.54, 1.807) is 36.2 Å². The molecule has 0 saturated carbocycles. The van der Waals surface area contributed by atoms with E-state index in [1.165, 1.54) is 23.5 Å². The van der Waals surface area contributed by atoms with Crippen LogP contribution < -0.4 is 0 Å². The van der Waals surface area contributed by atoms with Crippen LogP contribution in [0.25, 0.3) is 0 Å². The molecule has 0 aliphatic rings. The lowest BCUT2D eigenvalue weighted by Crippen LogP contribution is -2.25. The molecule has 0 spiro atoms. The number of halogens is 2. The predicted molar refractivity (Wildman–Crippen MR) is 71.5 cm³/mol. The number of nitrogens with zero attached hydrogens (tertiary/aromatic N) is 1. The van der Waals surface area contributed by atoms with Gasteiger partial charge in [0.2, 0.25) is 0 Å². The van der Waals surface area contributed by atoms with Gasteiger partial charge in [-0.2, -0.15) is 0 Å². The number of thiophene rings is 1. The molecule has 0 N–H and O–H groups in total. The Morgan fingerprint density at radius 1 is 1.28 bits per heavy atom. The number of carbonyl (C=O) groups excluding carboxylic acids is 1. The maximum atomic E-state index is 12.8. The van der Waals surface area contributed by atoms with Gasteiger partial charge in [-0.25, -0.2) is 4.39 Å². The molecule has 1 amide bonds. The summed E-state index contributed by atoms with van der Waals surface area (Å²) in [5.41, 5.74) is 0.884. The fraction of sp³-hybridized carbons (Fsp3) is 0.154. The van der Waals surface area contributed by atoms with Crippen LogP contribution in [0.3, 0.4) is 0 Å². The molecule has 2 rings (SSSR count). The first kappa shape index (κ1) is 13.1. The van der Waals surface area contributed by atoms with E-state index < -0.39 is 0 Å². The first-order valence-corrected chi connectivity index (χ1v) is 6.51. The van der Waals surface area contributed by atoms with Crippen molar-refractivity contribution in [2.24, 2.45) is 0 Å². The van der Waals surface area contributed by atoms with E-state index in [-0.39, 0.29) is 11.7 Å². The minimum atomic E-state index is -0.280. The van der Waals surface area contributed by atoms with Gasteiger partial charge in [-0.15, -0.1) is 11.3 Å². The zero-order valence-corrected chi connectivity index (χ0v) is 11.3. The second-order valence-corrected chi connectivity index (χ2v) is 5.61. The molecule has 0 radical (unpaired) electrons. The van der Waals surface area contributed by atoms with E-state index in [4.69, 9.17) is 11.6 Å². The zero-order valence-electron chi connectivity index (χ0n) is 9.69. The van der Waals surface area contributed by atoms with Crippen molar-refractivity contribution in [1.82, 2.24) is 4.90 Å². The Hall–Kier alpha value is -1.39. The van der Waals surface area contributed by atoms with Crippen molar-refractivity contribution in [2.45, 2.75) is 6.54 Å². The average Bonchev–Trinajstić information content (AvgIpc) is 2.78. The summed E-state index contributed by atoms with van der Waals surface area (Å²) < 4.78 is 13.3. The molecule has 0 unspecified atom stereocenters. The molecule has 2 aromatic rings. The fourth-order valence-electron chi connectivity index (χ4n) is 1.55. The van der Waals surface area contributed by atoms with Crippen LogP contribution in [0, 0.1) is 5.82 Å². The van der Waals surface area contributed by atoms with Crippen molar-refractivity contribution < 1.29 is 9.18 Å². The van der Waals surface area contributed by atoms with Crippen molar-refractivity contribution in [2.75, 3.05) is 7.05 Å². The predicted octanol–water partition coefficient (Wildman–Crippen LogP) is 3.81. The highest BCUT2D eigenvalue weighted by atomic mass is 35.5. The van der Waals surface area contributed by atoms with Crippen molar-refractivity contribution >= 4 is 28.8 Å². The summed E-state index contributed by atoms with van der Waals surface area (Å²) in [4.78, 5) is 14.2. The highest BCUT2D eigenvalue weighted by molar-refractivity contribution is 7.17. The molecule has 1 aromatic heterocycles. The van der Waals surface area contributed by atoms with Gasteiger partial charge in [0.15, 0.2) is 0 Å². The topological polar surface area (TPSA) is 20.3 Å². The van der Waals surface area contributed by atoms with Gasteiger partial charge in [-0.05, 0) is 29.8 Å². The van der Waals surface area contributed by atoms with Crippen molar-refractivity contribution in [1.29, 1.82) is 0 Å². The van der Waals surface area contributed by atoms with Crippen molar-refractivity contribution in [3.63, 3.8) is 0 Å². The first-order valence-electron chi connectivity index (χ1n) is 5.31. The SMILES string of the molecule is CN(Cc1ccc(F)cc1)C(=O)c1ccc(Cl)s1. The number of amides is 1. The maximum absolute atomic E-state index is 12.8. The van der Waals surface area contributed by atoms with Crippen LogP contribution in [-0.4, -0.2) is 17.9 Å². The number of hydrogen-bond acceptors (Lipinski definition) is 2. The highest BCUT2D eigenvalue weighted by Gasteiger charge is 2.14. The minimum absolute atomic E-state index is 0.0868. The summed E-state index contributed by atoms with van der Waals surface area (Å²) in [6.07, 6.45) is 0. The molecule has 0 aliphatic heterocycles. The zero-order chi connectivity index (χ0) is 13.1. The van der Waals surface area contributed by atoms with Crippen LogP contribution in [0.4, 0.5) is 4.39 Å². The van der Waals surface area contributed by atoms with E-state index in [0.717, 1.165) is 5.56 Å². The van der Waals surface area contributed by atoms with Crippen LogP contribution in [0.2, 0.25) is 4.34 Å². The molecule has 0 fully saturated rings. The number of carbonyl (C=O) groups is 1. The Labute approximate surface area is 114 Å². The van der Waals surface area contributed by atoms with E-state index in [0.29, 0.717) is 15.8 Å². The Morgan fingerprint density at radius 3 is 2.50 bits per heavy atom. The van der Waals surface area contributed by atoms with E-state index >= 15 is 0 Å². The van der Waals surface area contributed by atoms with Gasteiger partial charge in [-0.1, -0.05) is 23.7 Å². The molecule has 1 heterocycles. The molecule has 18 heavy (non-hydrogen) atoms. The van der Waals surface area contributed by atoms with E-state index in [9.17, 15) is 9.18 Å². The van der Waals surface area contributed by atoms with Crippen LogP contribution in [-0.2, 0) is 6.54 Å². The fourth-order valence-corrected chi connectivity index (χ4v) is 2.59. The van der Waals surface area contributed by atoms with Gasteiger partial charge in [0.1, 0.15) is 5.82 Å². The van der Waals surface area contributed by atoms with Crippen LogP contribution in [0.5, 0.6) is 0 Å². The lowest BCUT2D eigenvalue weighted by atomic mass is 10.2. The number of benzene rings is 1. The van der Waals surface area contributed by atoms with Crippen LogP contribution >= 0.6 is 22.9 Å². The largest absolute Gasteiger partial charge is 0.337 e. The van der Waals surface area contributed by atoms with Crippen molar-refractivity contribution in [3.8, 4) is 0 Å². The highest BCUT2D eigenvalue weighted by Crippen LogP contribution is 2.22. The maximum Gasteiger partial charge on any atom is 0.264 e. The standard InChI is InChI=1S/C13H11ClFNOS/c1-16(8-9-2-4-10(15)5-3-9)13(17)11-6-7-12(14)18-11/h2-7H,8H2,1H3. The van der Waals surface area contributed by atoms with E-state index in [1.807, 2.05) is 0 Å². The molecular formula is C13H11ClFNOS.